The van der Waals surface area contributed by atoms with E-state index in [1.54, 1.807) is 13.8 Å². The Morgan fingerprint density at radius 1 is 0.384 bits per heavy atom. The fourth-order valence-corrected chi connectivity index (χ4v) is 18.5. The lowest BCUT2D eigenvalue weighted by Crippen LogP contribution is -2.37. The molecule has 138 heavy (non-hydrogen) atoms. The zero-order valence-electron chi connectivity index (χ0n) is 79.8. The molecule has 0 aliphatic carbocycles. The summed E-state index contributed by atoms with van der Waals surface area (Å²) in [6, 6.07) is 43.1. The molecule has 34 heteroatoms. The van der Waals surface area contributed by atoms with Crippen LogP contribution in [-0.4, -0.2) is 206 Å². The van der Waals surface area contributed by atoms with Crippen LogP contribution in [0.25, 0.3) is 111 Å². The molecule has 12 heterocycles. The van der Waals surface area contributed by atoms with Crippen LogP contribution in [0.4, 0.5) is 0 Å². The molecular weight excluding hydrogens is 1760 g/mol. The number of aromatic nitrogens is 10. The smallest absolute Gasteiger partial charge is 0.345 e. The van der Waals surface area contributed by atoms with Crippen LogP contribution in [0.15, 0.2) is 157 Å². The molecule has 0 radical (unpaired) electrons. The predicted octanol–water partition coefficient (Wildman–Crippen LogP) is 13.2. The summed E-state index contributed by atoms with van der Waals surface area (Å²) in [6.45, 7) is 22.1. The zero-order valence-corrected chi connectivity index (χ0v) is 79.8. The van der Waals surface area contributed by atoms with Crippen molar-refractivity contribution in [1.82, 2.24) is 67.8 Å². The summed E-state index contributed by atoms with van der Waals surface area (Å²) in [4.78, 5) is 138. The number of hydrogen-bond donors (Lipinski definition) is 15. The number of carboxylic acid groups (broad SMARTS) is 5. The van der Waals surface area contributed by atoms with Crippen molar-refractivity contribution in [1.29, 1.82) is 0 Å². The molecule has 2 fully saturated rings. The van der Waals surface area contributed by atoms with Gasteiger partial charge >= 0.3 is 29.8 Å². The van der Waals surface area contributed by atoms with Crippen LogP contribution in [0.5, 0.6) is 17.2 Å². The number of rotatable bonds is 27. The molecule has 724 valence electrons. The van der Waals surface area contributed by atoms with Gasteiger partial charge in [-0.1, -0.05) is 71.9 Å². The molecule has 5 aromatic carbocycles. The molecule has 0 bridgehead atoms. The van der Waals surface area contributed by atoms with Crippen LogP contribution in [0, 0.1) is 0 Å². The van der Waals surface area contributed by atoms with Crippen LogP contribution in [0.3, 0.4) is 0 Å². The van der Waals surface area contributed by atoms with Gasteiger partial charge < -0.3 is 109 Å². The number of likely N-dealkylation sites (tertiary alicyclic amines) is 1. The molecule has 0 unspecified atom stereocenters. The SMILES string of the molecule is CCNCc1cc2cc(-c3[nH]c(=O)c(C(=O)O)c(O)c3CC)ccc2n1C.CCc1c(-c2ccc3c(c2)cc(CN(C)C)n3C)[nH]c(=O)c(C(=O)O)c1O.CCc1c(-c2ccc3c(c2)cc(CN2CCCC2)n3C)[nH]c(=O)c(C(=O)O)c1O.CCc1cc(C(=O)O)c(=O)[nH]c1-c1ccc2c(c1)cc(CCN)n2C.CCc1cc(C(=O)O)c(=O)[nH]c1-c1ccc2c(c1)cc(CCN1CCOCC1)n2C. The lowest BCUT2D eigenvalue weighted by molar-refractivity contribution is 0.0383. The van der Waals surface area contributed by atoms with Crippen LogP contribution < -0.4 is 38.8 Å². The van der Waals surface area contributed by atoms with Crippen molar-refractivity contribution in [3.8, 4) is 73.5 Å². The summed E-state index contributed by atoms with van der Waals surface area (Å²) in [5, 5.41) is 85.6. The van der Waals surface area contributed by atoms with Gasteiger partial charge in [0.15, 0.2) is 16.7 Å². The number of ether oxygens (including phenoxy) is 1. The van der Waals surface area contributed by atoms with Crippen LogP contribution in [0.1, 0.15) is 162 Å². The van der Waals surface area contributed by atoms with E-state index < -0.39 is 91.6 Å². The van der Waals surface area contributed by atoms with E-state index in [-0.39, 0.29) is 11.1 Å². The topological polar surface area (TPSA) is 493 Å². The van der Waals surface area contributed by atoms with Gasteiger partial charge in [0.05, 0.1) is 41.7 Å². The van der Waals surface area contributed by atoms with Crippen molar-refractivity contribution in [2.45, 2.75) is 119 Å². The number of nitrogens with zero attached hydrogens (tertiary/aromatic N) is 8. The van der Waals surface area contributed by atoms with E-state index in [1.165, 1.54) is 36.4 Å². The first-order valence-electron chi connectivity index (χ1n) is 46.1. The first-order valence-corrected chi connectivity index (χ1v) is 46.1. The number of hydrogen-bond acceptors (Lipinski definition) is 19. The zero-order chi connectivity index (χ0) is 99.7. The van der Waals surface area contributed by atoms with Gasteiger partial charge in [-0.2, -0.15) is 0 Å². The quantitative estimate of drug-likeness (QED) is 0.0227. The number of carboxylic acids is 5. The van der Waals surface area contributed by atoms with Gasteiger partial charge in [-0.3, -0.25) is 33.8 Å². The highest BCUT2D eigenvalue weighted by atomic mass is 16.5. The van der Waals surface area contributed by atoms with Gasteiger partial charge in [-0.15, -0.1) is 0 Å². The van der Waals surface area contributed by atoms with E-state index in [2.05, 4.69) is 131 Å². The first kappa shape index (κ1) is 101. The maximum absolute atomic E-state index is 12.3. The van der Waals surface area contributed by atoms with E-state index in [1.807, 2.05) is 135 Å². The Kier molecular flexibility index (Phi) is 31.6. The Labute approximate surface area is 793 Å². The number of carbonyl (C=O) groups is 5. The molecule has 10 aromatic heterocycles. The Hall–Kier alpha value is -14.9. The summed E-state index contributed by atoms with van der Waals surface area (Å²) in [5.74, 6) is -8.14. The van der Waals surface area contributed by atoms with Crippen molar-refractivity contribution in [3.05, 3.63) is 269 Å². The average Bonchev–Trinajstić information content (AvgIpc) is 1.47. The lowest BCUT2D eigenvalue weighted by Gasteiger charge is -2.26. The molecule has 2 aliphatic rings. The standard InChI is InChI=1S/C23H27N3O4.C22H25N3O4.2C20H23N3O4.C19H21N3O3/c1-3-15-14-19(23(28)29)22(27)24-21(15)16-4-5-20-17(12-16)13-18(25(20)2)6-7-26-8-10-30-11-9-26;1-3-16-19(23-21(27)18(20(16)26)22(28)29)13-6-7-17-14(10-13)11-15(24(17)2)12-25-8-4-5-9-25;1-5-14-17(21-19(25)16(18(14)24)20(26)27)11-6-7-15-12(8-11)9-13(23(15)4)10-22(2)3;1-4-14-17(22-19(25)16(18(14)24)20(26)27)11-6-7-15-12(8-11)9-13(23(15)3)10-21-5-2;1-3-11-10-15(19(24)25)18(23)21-17(11)12-4-5-16-13(8-12)9-14(6-7-20)22(16)2/h4-5,12-14H,3,6-11H2,1-2H3,(H,24,27)(H,28,29);6-7,10-11H,3-5,8-9,12H2,1-2H3,(H,28,29)(H2,23,26,27);6-9H,5,10H2,1-4H3,(H,26,27)(H2,21,24,25);6-9,21H,4-5,10H2,1-3H3,(H,26,27)(H2,22,24,25);4-5,8-10H,3,6-7,20H2,1-2H3,(H,21,23)(H,24,25). The summed E-state index contributed by atoms with van der Waals surface area (Å²) >= 11 is 0. The fraction of sp³-hybridized carbons (Fsp3) is 0.327. The van der Waals surface area contributed by atoms with E-state index in [0.717, 1.165) is 195 Å². The molecule has 2 saturated heterocycles. The molecule has 0 amide bonds. The molecule has 15 aromatic rings. The van der Waals surface area contributed by atoms with Crippen molar-refractivity contribution in [3.63, 3.8) is 0 Å². The number of pyridine rings is 5. The number of nitrogens with one attached hydrogen (secondary N) is 6. The average molecular weight is 1880 g/mol. The molecule has 0 spiro atoms. The maximum Gasteiger partial charge on any atom is 0.345 e. The monoisotopic (exact) mass is 1880 g/mol. The number of aromatic carboxylic acids is 5. The third-order valence-electron chi connectivity index (χ3n) is 26.0. The van der Waals surface area contributed by atoms with Crippen LogP contribution in [0.2, 0.25) is 0 Å². The largest absolute Gasteiger partial charge is 0.506 e. The highest BCUT2D eigenvalue weighted by molar-refractivity contribution is 5.97. The molecule has 16 N–H and O–H groups in total. The van der Waals surface area contributed by atoms with Crippen LogP contribution in [-0.2, 0) is 105 Å². The number of aryl methyl sites for hydroxylation is 7. The van der Waals surface area contributed by atoms with Gasteiger partial charge in [0.2, 0.25) is 0 Å². The van der Waals surface area contributed by atoms with Crippen molar-refractivity contribution >= 4 is 84.4 Å². The minimum atomic E-state index is -1.44. The second-order valence-corrected chi connectivity index (χ2v) is 34.8. The first-order chi connectivity index (χ1) is 66.0. The fourth-order valence-electron chi connectivity index (χ4n) is 18.5. The van der Waals surface area contributed by atoms with Crippen molar-refractivity contribution in [2.24, 2.45) is 41.0 Å². The highest BCUT2D eigenvalue weighted by Crippen LogP contribution is 2.38. The third-order valence-corrected chi connectivity index (χ3v) is 26.0. The third kappa shape index (κ3) is 21.2. The van der Waals surface area contributed by atoms with E-state index in [9.17, 15) is 83.7 Å². The van der Waals surface area contributed by atoms with Gasteiger partial charge in [-0.05, 0) is 234 Å². The minimum Gasteiger partial charge on any atom is -0.506 e. The van der Waals surface area contributed by atoms with E-state index in [0.29, 0.717) is 83.8 Å². The summed E-state index contributed by atoms with van der Waals surface area (Å²) in [7, 11) is 14.2. The van der Waals surface area contributed by atoms with E-state index in [4.69, 9.17) is 15.6 Å². The Morgan fingerprint density at radius 3 is 1.04 bits per heavy atom. The molecule has 0 saturated carbocycles. The number of benzene rings is 5. The molecule has 17 rings (SSSR count). The van der Waals surface area contributed by atoms with Gasteiger partial charge in [-0.25, -0.2) is 24.0 Å². The van der Waals surface area contributed by atoms with Crippen LogP contribution >= 0.6 is 0 Å². The minimum absolute atomic E-state index is 0.221. The number of H-pyrrole nitrogens is 5. The Bertz CT molecular complexity index is 7520. The summed E-state index contributed by atoms with van der Waals surface area (Å²) in [6.07, 6.45) is 6.67. The van der Waals surface area contributed by atoms with Crippen molar-refractivity contribution < 1.29 is 69.6 Å². The number of aromatic hydroxyl groups is 3. The number of morpholine rings is 1. The second kappa shape index (κ2) is 43.4. The van der Waals surface area contributed by atoms with Crippen molar-refractivity contribution in [2.75, 3.05) is 73.1 Å². The molecule has 34 nitrogen and oxygen atoms in total. The summed E-state index contributed by atoms with van der Waals surface area (Å²) in [5.41, 5.74) is 20.7. The van der Waals surface area contributed by atoms with Gasteiger partial charge in [0.1, 0.15) is 28.4 Å². The van der Waals surface area contributed by atoms with E-state index >= 15 is 0 Å². The predicted molar refractivity (Wildman–Crippen MR) is 535 cm³/mol. The number of aromatic amines is 5. The second-order valence-electron chi connectivity index (χ2n) is 34.8. The Balaban J connectivity index is 0.000000146. The highest BCUT2D eigenvalue weighted by Gasteiger charge is 2.29. The number of nitrogens with two attached hydrogens (primary N) is 1. The maximum atomic E-state index is 12.3. The van der Waals surface area contributed by atoms with Gasteiger partial charge in [0, 0.05) is 181 Å². The molecule has 0 atom stereocenters. The summed E-state index contributed by atoms with van der Waals surface area (Å²) < 4.78 is 16.2. The Morgan fingerprint density at radius 2 is 0.703 bits per heavy atom. The van der Waals surface area contributed by atoms with Gasteiger partial charge in [0.25, 0.3) is 27.8 Å². The normalized spacial score (nSPS) is 12.8. The number of fused-ring (bicyclic) bond motifs is 5. The molecule has 2 aliphatic heterocycles. The lowest BCUT2D eigenvalue weighted by atomic mass is 9.99. The molecular formula is C104H119N15O19.